The van der Waals surface area contributed by atoms with Crippen molar-refractivity contribution < 1.29 is 0 Å². The molecule has 0 saturated heterocycles. The molecule has 132 valence electrons. The molecular weight excluding hydrogens is 324 g/mol. The third-order valence-electron chi connectivity index (χ3n) is 4.52. The smallest absolute Gasteiger partial charge is 0.157 e. The maximum atomic E-state index is 4.62. The van der Waals surface area contributed by atoms with E-state index in [9.17, 15) is 0 Å². The van der Waals surface area contributed by atoms with Crippen LogP contribution in [0.4, 0.5) is 5.82 Å². The highest BCUT2D eigenvalue weighted by Crippen LogP contribution is 2.18. The molecule has 0 atom stereocenters. The largest absolute Gasteiger partial charge is 0.352 e. The minimum Gasteiger partial charge on any atom is -0.352 e. The molecule has 26 heavy (non-hydrogen) atoms. The summed E-state index contributed by atoms with van der Waals surface area (Å²) in [5, 5.41) is 4.42. The van der Waals surface area contributed by atoms with Crippen molar-refractivity contribution >= 4 is 11.5 Å². The molecule has 4 rings (SSSR count). The summed E-state index contributed by atoms with van der Waals surface area (Å²) in [6.45, 7) is 3.63. The average molecular weight is 346 g/mol. The Morgan fingerprint density at radius 1 is 1.08 bits per heavy atom. The van der Waals surface area contributed by atoms with Gasteiger partial charge in [-0.05, 0) is 12.0 Å². The highest BCUT2D eigenvalue weighted by molar-refractivity contribution is 5.50. The Morgan fingerprint density at radius 3 is 2.73 bits per heavy atom. The third-order valence-corrected chi connectivity index (χ3v) is 4.52. The molecule has 0 aliphatic heterocycles. The van der Waals surface area contributed by atoms with Crippen molar-refractivity contribution in [2.75, 3.05) is 11.9 Å². The molecule has 1 aromatic carbocycles. The number of aromatic nitrogens is 5. The molecular formula is C20H22N6. The summed E-state index contributed by atoms with van der Waals surface area (Å²) >= 11 is 0. The molecule has 6 nitrogen and oxygen atoms in total. The van der Waals surface area contributed by atoms with Crippen LogP contribution in [-0.4, -0.2) is 31.2 Å². The topological polar surface area (TPSA) is 51.2 Å². The standard InChI is InChI=1S/C20H22N6/c1-3-17-13-20(26-18(23-17)9-10-22-26)24(2)15-19-21-11-12-25(19)14-16-7-5-4-6-8-16/h4-13H,3,14-15H2,1-2H3. The predicted molar refractivity (Wildman–Crippen MR) is 102 cm³/mol. The Kier molecular flexibility index (Phi) is 4.39. The van der Waals surface area contributed by atoms with Crippen LogP contribution in [0.1, 0.15) is 24.0 Å². The van der Waals surface area contributed by atoms with Gasteiger partial charge in [0.15, 0.2) is 5.65 Å². The van der Waals surface area contributed by atoms with Crippen LogP contribution in [0.5, 0.6) is 0 Å². The van der Waals surface area contributed by atoms with Gasteiger partial charge in [0.2, 0.25) is 0 Å². The second-order valence-electron chi connectivity index (χ2n) is 6.37. The first-order valence-corrected chi connectivity index (χ1v) is 8.83. The van der Waals surface area contributed by atoms with E-state index in [1.807, 2.05) is 29.0 Å². The number of nitrogens with zero attached hydrogens (tertiary/aromatic N) is 6. The van der Waals surface area contributed by atoms with Gasteiger partial charge < -0.3 is 9.47 Å². The number of benzene rings is 1. The Hall–Kier alpha value is -3.15. The number of imidazole rings is 1. The summed E-state index contributed by atoms with van der Waals surface area (Å²) < 4.78 is 4.07. The number of aryl methyl sites for hydroxylation is 1. The van der Waals surface area contributed by atoms with Crippen LogP contribution in [0.15, 0.2) is 61.1 Å². The molecule has 0 aliphatic carbocycles. The maximum Gasteiger partial charge on any atom is 0.157 e. The van der Waals surface area contributed by atoms with Crippen molar-refractivity contribution in [2.24, 2.45) is 0 Å². The minimum atomic E-state index is 0.696. The first kappa shape index (κ1) is 16.3. The molecule has 0 N–H and O–H groups in total. The molecule has 4 aromatic rings. The van der Waals surface area contributed by atoms with Crippen molar-refractivity contribution in [1.29, 1.82) is 0 Å². The van der Waals surface area contributed by atoms with Crippen LogP contribution in [0.2, 0.25) is 0 Å². The summed E-state index contributed by atoms with van der Waals surface area (Å²) in [4.78, 5) is 11.4. The van der Waals surface area contributed by atoms with E-state index in [1.54, 1.807) is 6.20 Å². The van der Waals surface area contributed by atoms with E-state index in [2.05, 4.69) is 68.8 Å². The Labute approximate surface area is 152 Å². The number of anilines is 1. The molecule has 0 amide bonds. The third kappa shape index (κ3) is 3.18. The molecule has 0 fully saturated rings. The fraction of sp³-hybridized carbons (Fsp3) is 0.250. The average Bonchev–Trinajstić information content (AvgIpc) is 3.31. The quantitative estimate of drug-likeness (QED) is 0.538. The van der Waals surface area contributed by atoms with Gasteiger partial charge in [-0.3, -0.25) is 0 Å². The number of hydrogen-bond acceptors (Lipinski definition) is 4. The lowest BCUT2D eigenvalue weighted by Crippen LogP contribution is -2.23. The van der Waals surface area contributed by atoms with Gasteiger partial charge in [0.25, 0.3) is 0 Å². The molecule has 0 aliphatic rings. The number of rotatable bonds is 6. The van der Waals surface area contributed by atoms with Gasteiger partial charge in [0.1, 0.15) is 11.6 Å². The van der Waals surface area contributed by atoms with E-state index >= 15 is 0 Å². The van der Waals surface area contributed by atoms with Crippen LogP contribution in [0, 0.1) is 0 Å². The van der Waals surface area contributed by atoms with Crippen molar-refractivity contribution in [2.45, 2.75) is 26.4 Å². The molecule has 3 aromatic heterocycles. The van der Waals surface area contributed by atoms with E-state index < -0.39 is 0 Å². The van der Waals surface area contributed by atoms with Gasteiger partial charge in [-0.1, -0.05) is 37.3 Å². The fourth-order valence-corrected chi connectivity index (χ4v) is 3.11. The van der Waals surface area contributed by atoms with Crippen LogP contribution in [-0.2, 0) is 19.5 Å². The zero-order chi connectivity index (χ0) is 17.9. The Balaban J connectivity index is 1.61. The summed E-state index contributed by atoms with van der Waals surface area (Å²) in [7, 11) is 2.07. The second kappa shape index (κ2) is 7.00. The van der Waals surface area contributed by atoms with Crippen LogP contribution in [0.3, 0.4) is 0 Å². The zero-order valence-corrected chi connectivity index (χ0v) is 15.1. The zero-order valence-electron chi connectivity index (χ0n) is 15.1. The lowest BCUT2D eigenvalue weighted by molar-refractivity contribution is 0.697. The Bertz CT molecular complexity index is 1000. The summed E-state index contributed by atoms with van der Waals surface area (Å²) in [5.41, 5.74) is 3.20. The van der Waals surface area contributed by atoms with E-state index in [1.165, 1.54) is 5.56 Å². The maximum absolute atomic E-state index is 4.62. The highest BCUT2D eigenvalue weighted by atomic mass is 15.3. The monoisotopic (exact) mass is 346 g/mol. The lowest BCUT2D eigenvalue weighted by Gasteiger charge is -2.21. The van der Waals surface area contributed by atoms with Crippen molar-refractivity contribution in [3.05, 3.63) is 78.1 Å². The highest BCUT2D eigenvalue weighted by Gasteiger charge is 2.13. The first-order valence-electron chi connectivity index (χ1n) is 8.83. The van der Waals surface area contributed by atoms with Crippen molar-refractivity contribution in [3.63, 3.8) is 0 Å². The van der Waals surface area contributed by atoms with Crippen LogP contribution >= 0.6 is 0 Å². The second-order valence-corrected chi connectivity index (χ2v) is 6.37. The Morgan fingerprint density at radius 2 is 1.92 bits per heavy atom. The van der Waals surface area contributed by atoms with E-state index in [4.69, 9.17) is 0 Å². The SMILES string of the molecule is CCc1cc(N(C)Cc2nccn2Cc2ccccc2)n2nccc2n1. The van der Waals surface area contributed by atoms with Crippen molar-refractivity contribution in [3.8, 4) is 0 Å². The van der Waals surface area contributed by atoms with E-state index in [0.29, 0.717) is 6.54 Å². The van der Waals surface area contributed by atoms with Gasteiger partial charge in [-0.25, -0.2) is 9.97 Å². The molecule has 0 radical (unpaired) electrons. The van der Waals surface area contributed by atoms with Gasteiger partial charge in [0.05, 0.1) is 12.7 Å². The van der Waals surface area contributed by atoms with E-state index in [-0.39, 0.29) is 0 Å². The number of hydrogen-bond donors (Lipinski definition) is 0. The molecule has 0 saturated carbocycles. The molecule has 3 heterocycles. The van der Waals surface area contributed by atoms with Crippen molar-refractivity contribution in [1.82, 2.24) is 24.1 Å². The summed E-state index contributed by atoms with van der Waals surface area (Å²) in [6.07, 6.45) is 6.57. The molecule has 6 heteroatoms. The molecule has 0 unspecified atom stereocenters. The molecule has 0 spiro atoms. The molecule has 0 bridgehead atoms. The number of fused-ring (bicyclic) bond motifs is 1. The first-order chi connectivity index (χ1) is 12.7. The van der Waals surface area contributed by atoms with Gasteiger partial charge in [-0.2, -0.15) is 9.61 Å². The van der Waals surface area contributed by atoms with E-state index in [0.717, 1.165) is 35.9 Å². The predicted octanol–water partition coefficient (Wildman–Crippen LogP) is 3.17. The minimum absolute atomic E-state index is 0.696. The fourth-order valence-electron chi connectivity index (χ4n) is 3.11. The summed E-state index contributed by atoms with van der Waals surface area (Å²) in [6, 6.07) is 14.5. The van der Waals surface area contributed by atoms with Crippen LogP contribution in [0.25, 0.3) is 5.65 Å². The van der Waals surface area contributed by atoms with Gasteiger partial charge in [0, 0.05) is 43.8 Å². The van der Waals surface area contributed by atoms with Gasteiger partial charge in [-0.15, -0.1) is 0 Å². The normalized spacial score (nSPS) is 11.2. The lowest BCUT2D eigenvalue weighted by atomic mass is 10.2. The van der Waals surface area contributed by atoms with Gasteiger partial charge >= 0.3 is 0 Å². The van der Waals surface area contributed by atoms with Crippen LogP contribution < -0.4 is 4.90 Å². The summed E-state index contributed by atoms with van der Waals surface area (Å²) in [5.74, 6) is 2.04.